The second-order valence-corrected chi connectivity index (χ2v) is 9.69. The van der Waals surface area contributed by atoms with E-state index in [2.05, 4.69) is 0 Å². The number of hydrogen-bond donors (Lipinski definition) is 1. The summed E-state index contributed by atoms with van der Waals surface area (Å²) < 4.78 is 42.7. The van der Waals surface area contributed by atoms with Gasteiger partial charge in [0.2, 0.25) is 5.43 Å². The first-order chi connectivity index (χ1) is 16.6. The maximum atomic E-state index is 13.8. The molecule has 1 N–H and O–H groups in total. The van der Waals surface area contributed by atoms with Crippen molar-refractivity contribution < 1.29 is 23.1 Å². The highest BCUT2D eigenvalue weighted by Crippen LogP contribution is 2.44. The molecule has 0 fully saturated rings. The molecule has 0 saturated carbocycles. The molecule has 182 valence electrons. The predicted molar refractivity (Wildman–Crippen MR) is 126 cm³/mol. The van der Waals surface area contributed by atoms with E-state index < -0.39 is 47.7 Å². The molecule has 3 heterocycles. The number of benzene rings is 2. The van der Waals surface area contributed by atoms with Crippen LogP contribution in [0.15, 0.2) is 64.4 Å². The lowest BCUT2D eigenvalue weighted by molar-refractivity contribution is -0.173. The van der Waals surface area contributed by atoms with Crippen molar-refractivity contribution in [2.45, 2.75) is 42.8 Å². The molecule has 0 saturated heterocycles. The number of nitrogens with zero attached hydrogens (tertiary/aromatic N) is 3. The molecule has 0 bridgehead atoms. The molecule has 2 atom stereocenters. The molecule has 10 heteroatoms. The third-order valence-corrected chi connectivity index (χ3v) is 7.75. The van der Waals surface area contributed by atoms with E-state index in [0.29, 0.717) is 10.7 Å². The topological polar surface area (TPSA) is 65.8 Å². The summed E-state index contributed by atoms with van der Waals surface area (Å²) in [6.45, 7) is 2.45. The normalized spacial score (nSPS) is 18.4. The van der Waals surface area contributed by atoms with Gasteiger partial charge in [0.1, 0.15) is 12.7 Å². The van der Waals surface area contributed by atoms with Crippen molar-refractivity contribution in [2.24, 2.45) is 0 Å². The van der Waals surface area contributed by atoms with E-state index in [-0.39, 0.29) is 0 Å². The summed E-state index contributed by atoms with van der Waals surface area (Å²) in [5.41, 5.74) is 2.44. The molecule has 1 aromatic heterocycles. The summed E-state index contributed by atoms with van der Waals surface area (Å²) in [4.78, 5) is 27.1. The fourth-order valence-corrected chi connectivity index (χ4v) is 5.84. The molecule has 6 nitrogen and oxygen atoms in total. The Labute approximate surface area is 203 Å². The smallest absolute Gasteiger partial charge is 0.408 e. The van der Waals surface area contributed by atoms with E-state index in [9.17, 15) is 27.9 Å². The van der Waals surface area contributed by atoms with Crippen molar-refractivity contribution in [3.05, 3.63) is 92.9 Å². The summed E-state index contributed by atoms with van der Waals surface area (Å²) in [5, 5.41) is 12.2. The van der Waals surface area contributed by atoms with Crippen LogP contribution >= 0.6 is 11.8 Å². The first-order valence-corrected chi connectivity index (χ1v) is 12.0. The number of hydrogen-bond acceptors (Lipinski definition) is 5. The summed E-state index contributed by atoms with van der Waals surface area (Å²) in [7, 11) is 0. The maximum Gasteiger partial charge on any atom is 0.408 e. The largest absolute Gasteiger partial charge is 0.502 e. The van der Waals surface area contributed by atoms with Crippen molar-refractivity contribution >= 4 is 17.7 Å². The molecule has 1 amide bonds. The van der Waals surface area contributed by atoms with Gasteiger partial charge >= 0.3 is 6.18 Å². The first kappa shape index (κ1) is 23.3. The van der Waals surface area contributed by atoms with Crippen LogP contribution in [0.1, 0.15) is 45.7 Å². The van der Waals surface area contributed by atoms with Gasteiger partial charge in [-0.25, -0.2) is 0 Å². The van der Waals surface area contributed by atoms with Gasteiger partial charge < -0.3 is 10.0 Å². The SMILES string of the molecule is Cc1cccc2c1[C@H](N1CN([C@H](C)C(F)(F)F)C(=O)c3c(O)c(=O)ccn31)c1ccccc1SC2. The highest BCUT2D eigenvalue weighted by molar-refractivity contribution is 7.98. The van der Waals surface area contributed by atoms with Crippen LogP contribution in [0.2, 0.25) is 0 Å². The molecule has 0 radical (unpaired) electrons. The molecule has 5 rings (SSSR count). The van der Waals surface area contributed by atoms with E-state index in [1.807, 2.05) is 49.4 Å². The zero-order valence-electron chi connectivity index (χ0n) is 18.9. The molecule has 0 spiro atoms. The molecule has 2 aromatic carbocycles. The molecule has 2 aliphatic rings. The van der Waals surface area contributed by atoms with Crippen molar-refractivity contribution in [2.75, 3.05) is 11.7 Å². The van der Waals surface area contributed by atoms with Crippen LogP contribution in [0.3, 0.4) is 0 Å². The van der Waals surface area contributed by atoms with E-state index >= 15 is 0 Å². The fourth-order valence-electron chi connectivity index (χ4n) is 4.75. The van der Waals surface area contributed by atoms with Crippen LogP contribution in [0.5, 0.6) is 5.75 Å². The number of aromatic nitrogens is 1. The van der Waals surface area contributed by atoms with Gasteiger partial charge in [0, 0.05) is 22.9 Å². The van der Waals surface area contributed by atoms with Gasteiger partial charge in [-0.05, 0) is 42.2 Å². The molecular formula is C25H22F3N3O3S. The van der Waals surface area contributed by atoms with Crippen LogP contribution in [0, 0.1) is 6.92 Å². The average Bonchev–Trinajstić information content (AvgIpc) is 2.98. The Balaban J connectivity index is 1.80. The van der Waals surface area contributed by atoms with Gasteiger partial charge in [0.25, 0.3) is 5.91 Å². The summed E-state index contributed by atoms with van der Waals surface area (Å²) in [5.74, 6) is -1.26. The lowest BCUT2D eigenvalue weighted by Gasteiger charge is -2.46. The third-order valence-electron chi connectivity index (χ3n) is 6.62. The van der Waals surface area contributed by atoms with Crippen molar-refractivity contribution in [3.63, 3.8) is 0 Å². The van der Waals surface area contributed by atoms with Crippen LogP contribution in [0.4, 0.5) is 13.2 Å². The Kier molecular flexibility index (Phi) is 5.58. The van der Waals surface area contributed by atoms with Crippen LogP contribution in [0.25, 0.3) is 0 Å². The number of carbonyl (C=O) groups is 1. The Bertz CT molecular complexity index is 1390. The predicted octanol–water partition coefficient (Wildman–Crippen LogP) is 4.56. The molecule has 0 aliphatic carbocycles. The number of amides is 1. The number of fused-ring (bicyclic) bond motifs is 3. The summed E-state index contributed by atoms with van der Waals surface area (Å²) in [6, 6.07) is 11.9. The van der Waals surface area contributed by atoms with E-state index in [0.717, 1.165) is 40.1 Å². The van der Waals surface area contributed by atoms with Crippen LogP contribution in [-0.4, -0.2) is 39.5 Å². The van der Waals surface area contributed by atoms with Gasteiger partial charge in [0.15, 0.2) is 11.4 Å². The summed E-state index contributed by atoms with van der Waals surface area (Å²) in [6.07, 6.45) is -3.36. The number of rotatable bonds is 2. The summed E-state index contributed by atoms with van der Waals surface area (Å²) >= 11 is 1.63. The fraction of sp³-hybridized carbons (Fsp3) is 0.280. The van der Waals surface area contributed by atoms with Crippen molar-refractivity contribution in [1.29, 1.82) is 0 Å². The highest BCUT2D eigenvalue weighted by atomic mass is 32.2. The standard InChI is InChI=1S/C25H22F3N3O3S/c1-14-6-5-7-16-12-35-19-9-4-3-8-17(19)21(20(14)16)31-13-29(15(2)25(26,27)28)24(34)22-23(33)18(32)10-11-30(22)31/h3-11,15,21,33H,12-13H2,1-2H3/t15-,21-/m1/s1. The zero-order valence-corrected chi connectivity index (χ0v) is 19.7. The average molecular weight is 502 g/mol. The third kappa shape index (κ3) is 3.76. The van der Waals surface area contributed by atoms with Gasteiger partial charge in [0.05, 0.1) is 6.04 Å². The molecule has 0 unspecified atom stereocenters. The Morgan fingerprint density at radius 1 is 1.09 bits per heavy atom. The maximum absolute atomic E-state index is 13.8. The van der Waals surface area contributed by atoms with Gasteiger partial charge in [-0.1, -0.05) is 36.4 Å². The Morgan fingerprint density at radius 2 is 1.83 bits per heavy atom. The lowest BCUT2D eigenvalue weighted by atomic mass is 9.90. The number of carbonyl (C=O) groups excluding carboxylic acids is 1. The van der Waals surface area contributed by atoms with E-state index in [4.69, 9.17) is 0 Å². The molecule has 35 heavy (non-hydrogen) atoms. The Hall–Kier alpha value is -3.40. The van der Waals surface area contributed by atoms with E-state index in [1.54, 1.807) is 16.8 Å². The minimum Gasteiger partial charge on any atom is -0.502 e. The Morgan fingerprint density at radius 3 is 2.57 bits per heavy atom. The van der Waals surface area contributed by atoms with Crippen molar-refractivity contribution in [3.8, 4) is 5.75 Å². The van der Waals surface area contributed by atoms with Crippen molar-refractivity contribution in [1.82, 2.24) is 9.58 Å². The van der Waals surface area contributed by atoms with Crippen LogP contribution in [-0.2, 0) is 5.75 Å². The number of thioether (sulfide) groups is 1. The highest BCUT2D eigenvalue weighted by Gasteiger charge is 2.47. The monoisotopic (exact) mass is 501 g/mol. The van der Waals surface area contributed by atoms with Gasteiger partial charge in [-0.2, -0.15) is 13.2 Å². The van der Waals surface area contributed by atoms with Gasteiger partial charge in [-0.15, -0.1) is 11.8 Å². The van der Waals surface area contributed by atoms with Crippen LogP contribution < -0.4 is 10.4 Å². The minimum atomic E-state index is -4.70. The number of aromatic hydroxyl groups is 1. The number of halogens is 3. The molecular weight excluding hydrogens is 479 g/mol. The van der Waals surface area contributed by atoms with E-state index in [1.165, 1.54) is 10.9 Å². The zero-order chi connectivity index (χ0) is 25.1. The second-order valence-electron chi connectivity index (χ2n) is 8.67. The van der Waals surface area contributed by atoms with Gasteiger partial charge in [-0.3, -0.25) is 19.3 Å². The number of pyridine rings is 1. The number of aryl methyl sites for hydroxylation is 1. The molecule has 2 aliphatic heterocycles. The molecule has 3 aromatic rings. The minimum absolute atomic E-state index is 0.397. The quantitative estimate of drug-likeness (QED) is 0.558. The second kappa shape index (κ2) is 8.37. The number of alkyl halides is 3. The lowest BCUT2D eigenvalue weighted by Crippen LogP contribution is -2.60. The first-order valence-electron chi connectivity index (χ1n) is 11.0.